The van der Waals surface area contributed by atoms with Crippen molar-refractivity contribution in [1.82, 2.24) is 4.90 Å². The Balaban J connectivity index is 2.17. The molecule has 0 unspecified atom stereocenters. The second-order valence-corrected chi connectivity index (χ2v) is 12.4. The molecular formula is C28H36N2O8. The Bertz CT molecular complexity index is 1370. The summed E-state index contributed by atoms with van der Waals surface area (Å²) in [5.41, 5.74) is -2.23. The smallest absolute Gasteiger partial charge is 0.255 e. The third-order valence-electron chi connectivity index (χ3n) is 9.27. The van der Waals surface area contributed by atoms with E-state index >= 15 is 0 Å². The minimum absolute atomic E-state index is 0.0141. The number of ketones is 2. The molecule has 3 aliphatic carbocycles. The quantitative estimate of drug-likeness (QED) is 0.310. The van der Waals surface area contributed by atoms with Crippen molar-refractivity contribution in [3.8, 4) is 5.75 Å². The summed E-state index contributed by atoms with van der Waals surface area (Å²) < 4.78 is 0. The van der Waals surface area contributed by atoms with Crippen molar-refractivity contribution in [2.75, 3.05) is 14.1 Å². The number of benzene rings is 1. The van der Waals surface area contributed by atoms with Gasteiger partial charge in [0.15, 0.2) is 11.4 Å². The average Bonchev–Trinajstić information content (AvgIpc) is 2.78. The van der Waals surface area contributed by atoms with Crippen LogP contribution in [0.15, 0.2) is 29.0 Å². The molecule has 0 radical (unpaired) electrons. The topological polar surface area (TPSA) is 182 Å². The van der Waals surface area contributed by atoms with E-state index in [0.29, 0.717) is 11.1 Å². The van der Waals surface area contributed by atoms with Crippen LogP contribution in [0.5, 0.6) is 5.75 Å². The first-order valence-corrected chi connectivity index (χ1v) is 12.4. The molecule has 1 amide bonds. The summed E-state index contributed by atoms with van der Waals surface area (Å²) in [6, 6.07) is 1.99. The first kappa shape index (κ1) is 27.8. The van der Waals surface area contributed by atoms with Crippen molar-refractivity contribution in [2.45, 2.75) is 70.6 Å². The lowest BCUT2D eigenvalue weighted by molar-refractivity contribution is -0.211. The van der Waals surface area contributed by atoms with Crippen molar-refractivity contribution >= 4 is 23.2 Å². The molecule has 3 aliphatic rings. The Morgan fingerprint density at radius 2 is 1.63 bits per heavy atom. The molecule has 38 heavy (non-hydrogen) atoms. The van der Waals surface area contributed by atoms with E-state index < -0.39 is 80.0 Å². The predicted octanol–water partition coefficient (Wildman–Crippen LogP) is 1.57. The van der Waals surface area contributed by atoms with E-state index in [-0.39, 0.29) is 11.3 Å². The van der Waals surface area contributed by atoms with Crippen molar-refractivity contribution in [1.29, 1.82) is 0 Å². The van der Waals surface area contributed by atoms with E-state index in [1.807, 2.05) is 20.8 Å². The van der Waals surface area contributed by atoms with Crippen LogP contribution in [0.4, 0.5) is 0 Å². The van der Waals surface area contributed by atoms with E-state index in [0.717, 1.165) is 0 Å². The lowest BCUT2D eigenvalue weighted by atomic mass is 9.42. The van der Waals surface area contributed by atoms with Gasteiger partial charge in [0, 0.05) is 11.0 Å². The Labute approximate surface area is 221 Å². The summed E-state index contributed by atoms with van der Waals surface area (Å²) in [6.45, 7) is 10.2. The number of carbonyl (C=O) groups excluding carboxylic acids is 3. The molecule has 0 bridgehead atoms. The van der Waals surface area contributed by atoms with Gasteiger partial charge in [0.05, 0.1) is 28.7 Å². The van der Waals surface area contributed by atoms with Crippen molar-refractivity contribution in [3.05, 3.63) is 45.7 Å². The van der Waals surface area contributed by atoms with E-state index in [4.69, 9.17) is 5.73 Å². The number of hydrogen-bond donors (Lipinski definition) is 6. The molecule has 0 spiro atoms. The van der Waals surface area contributed by atoms with Crippen LogP contribution in [0, 0.1) is 10.8 Å². The highest BCUT2D eigenvalue weighted by atomic mass is 16.4. The molecular weight excluding hydrogens is 492 g/mol. The molecule has 1 aromatic carbocycles. The number of nitrogens with two attached hydrogens (primary N) is 1. The number of aromatic hydroxyl groups is 1. The molecule has 206 valence electrons. The van der Waals surface area contributed by atoms with Crippen LogP contribution in [-0.2, 0) is 19.8 Å². The summed E-state index contributed by atoms with van der Waals surface area (Å²) in [5, 5.41) is 58.1. The summed E-state index contributed by atoms with van der Waals surface area (Å²) in [4.78, 5) is 41.4. The number of aliphatic hydroxyl groups is 4. The molecule has 1 aromatic rings. The van der Waals surface area contributed by atoms with Crippen LogP contribution in [0.25, 0.3) is 5.76 Å². The highest BCUT2D eigenvalue weighted by molar-refractivity contribution is 6.25. The SMILES string of the molecule is C[C@H]1c2ccc(C(C)(C)C)c(O)c2C(O)=C2C(=O)[C@]3(O)C(O)=C(C(N)=O)C(=O)[C@@H](N(C)C)[C@]3(C)[C@@H](O)[C@@]21C. The molecule has 0 heterocycles. The van der Waals surface area contributed by atoms with E-state index in [9.17, 15) is 39.9 Å². The second-order valence-electron chi connectivity index (χ2n) is 12.4. The lowest BCUT2D eigenvalue weighted by Gasteiger charge is -2.63. The van der Waals surface area contributed by atoms with Crippen LogP contribution >= 0.6 is 0 Å². The largest absolute Gasteiger partial charge is 0.508 e. The zero-order valence-corrected chi connectivity index (χ0v) is 22.9. The van der Waals surface area contributed by atoms with Crippen LogP contribution < -0.4 is 5.73 Å². The van der Waals surface area contributed by atoms with Gasteiger partial charge in [-0.1, -0.05) is 53.7 Å². The van der Waals surface area contributed by atoms with Gasteiger partial charge in [-0.25, -0.2) is 0 Å². The fourth-order valence-electron chi connectivity index (χ4n) is 7.14. The highest BCUT2D eigenvalue weighted by Crippen LogP contribution is 2.66. The van der Waals surface area contributed by atoms with Gasteiger partial charge in [-0.3, -0.25) is 19.3 Å². The van der Waals surface area contributed by atoms with Crippen LogP contribution in [0.2, 0.25) is 0 Å². The summed E-state index contributed by atoms with van der Waals surface area (Å²) >= 11 is 0. The zero-order valence-electron chi connectivity index (χ0n) is 22.9. The van der Waals surface area contributed by atoms with Gasteiger partial charge >= 0.3 is 0 Å². The van der Waals surface area contributed by atoms with Gasteiger partial charge < -0.3 is 31.3 Å². The normalized spacial score (nSPS) is 35.3. The summed E-state index contributed by atoms with van der Waals surface area (Å²) in [7, 11) is 2.95. The summed E-state index contributed by atoms with van der Waals surface area (Å²) in [5.74, 6) is -6.37. The molecule has 7 N–H and O–H groups in total. The number of phenols is 1. The third-order valence-corrected chi connectivity index (χ3v) is 9.27. The number of nitrogens with zero attached hydrogens (tertiary/aromatic N) is 1. The minimum Gasteiger partial charge on any atom is -0.508 e. The Hall–Kier alpha value is -3.21. The number of hydrogen-bond acceptors (Lipinski definition) is 9. The first-order valence-electron chi connectivity index (χ1n) is 12.4. The number of aliphatic hydroxyl groups excluding tert-OH is 3. The number of rotatable bonds is 2. The number of carbonyl (C=O) groups is 3. The molecule has 10 nitrogen and oxygen atoms in total. The molecule has 6 atom stereocenters. The van der Waals surface area contributed by atoms with Crippen LogP contribution in [0.3, 0.4) is 0 Å². The number of amides is 1. The highest BCUT2D eigenvalue weighted by Gasteiger charge is 2.77. The van der Waals surface area contributed by atoms with Gasteiger partial charge in [-0.2, -0.15) is 0 Å². The Morgan fingerprint density at radius 3 is 2.11 bits per heavy atom. The van der Waals surface area contributed by atoms with Gasteiger partial charge in [-0.15, -0.1) is 0 Å². The zero-order chi connectivity index (χ0) is 29.1. The molecule has 1 saturated carbocycles. The number of phenolic OH excluding ortho intramolecular Hbond substituents is 1. The molecule has 1 fully saturated rings. The molecule has 4 rings (SSSR count). The Kier molecular flexibility index (Phi) is 5.79. The van der Waals surface area contributed by atoms with Gasteiger partial charge in [0.25, 0.3) is 5.91 Å². The van der Waals surface area contributed by atoms with Gasteiger partial charge in [-0.05, 0) is 31.0 Å². The molecule has 0 saturated heterocycles. The number of primary amides is 1. The number of Topliss-reactive ketones (excluding diaryl/α,β-unsaturated/α-hetero) is 2. The minimum atomic E-state index is -3.00. The van der Waals surface area contributed by atoms with Gasteiger partial charge in [0.1, 0.15) is 22.8 Å². The molecule has 0 aromatic heterocycles. The van der Waals surface area contributed by atoms with Gasteiger partial charge in [0.2, 0.25) is 5.78 Å². The second kappa shape index (κ2) is 7.91. The summed E-state index contributed by atoms with van der Waals surface area (Å²) in [6.07, 6.45) is -1.71. The fraction of sp³-hybridized carbons (Fsp3) is 0.536. The number of likely N-dealkylation sites (N-methyl/N-ethyl adjacent to an activating group) is 1. The standard InChI is InChI=1S/C28H36N2O8/c1-11-12-9-10-13(25(2,3)4)17(31)14(12)18(32)16-22(35)28(38)21(34)15(23(29)36)19(33)20(30(7)8)27(28,6)24(37)26(11,16)5/h9-11,20,24,31-32,34,37-38H,1-8H3,(H2,29,36)/t11-,20+,24-,26+,27+,28+/m0/s1. The van der Waals surface area contributed by atoms with Crippen LogP contribution in [-0.4, -0.2) is 79.7 Å². The third kappa shape index (κ3) is 2.91. The fourth-order valence-corrected chi connectivity index (χ4v) is 7.14. The maximum Gasteiger partial charge on any atom is 0.255 e. The van der Waals surface area contributed by atoms with Crippen molar-refractivity contribution < 1.29 is 39.9 Å². The van der Waals surface area contributed by atoms with Crippen molar-refractivity contribution in [2.24, 2.45) is 16.6 Å². The monoisotopic (exact) mass is 528 g/mol. The molecule has 0 aliphatic heterocycles. The lowest BCUT2D eigenvalue weighted by Crippen LogP contribution is -2.78. The average molecular weight is 529 g/mol. The molecule has 10 heteroatoms. The van der Waals surface area contributed by atoms with Crippen molar-refractivity contribution in [3.63, 3.8) is 0 Å². The van der Waals surface area contributed by atoms with Crippen LogP contribution in [0.1, 0.15) is 64.2 Å². The maximum absolute atomic E-state index is 14.3. The van der Waals surface area contributed by atoms with E-state index in [1.165, 1.54) is 32.8 Å². The van der Waals surface area contributed by atoms with E-state index in [1.54, 1.807) is 19.1 Å². The maximum atomic E-state index is 14.3. The first-order chi connectivity index (χ1) is 17.2. The van der Waals surface area contributed by atoms with E-state index in [2.05, 4.69) is 0 Å². The predicted molar refractivity (Wildman–Crippen MR) is 138 cm³/mol. The Morgan fingerprint density at radius 1 is 1.08 bits per heavy atom. The number of fused-ring (bicyclic) bond motifs is 3.